The van der Waals surface area contributed by atoms with Gasteiger partial charge in [-0.15, -0.1) is 0 Å². The average molecular weight is 419 g/mol. The maximum atomic E-state index is 13.1. The van der Waals surface area contributed by atoms with Gasteiger partial charge in [-0.25, -0.2) is 5.43 Å². The summed E-state index contributed by atoms with van der Waals surface area (Å²) in [6.07, 6.45) is 0. The van der Waals surface area contributed by atoms with Gasteiger partial charge >= 0.3 is 5.69 Å². The van der Waals surface area contributed by atoms with Crippen molar-refractivity contribution in [2.24, 2.45) is 5.10 Å². The number of methoxy groups -OCH3 is 1. The van der Waals surface area contributed by atoms with Crippen molar-refractivity contribution in [3.05, 3.63) is 106 Å². The number of amides is 1. The van der Waals surface area contributed by atoms with Gasteiger partial charge in [0.05, 0.1) is 17.7 Å². The SMILES string of the molecule is COc1ccc(/C(C)=N\NC(=O)C(O)(c2ccccc2)c2ccccc2)cc1[N+](=O)[O-]. The Morgan fingerprint density at radius 1 is 1.03 bits per heavy atom. The molecule has 3 rings (SSSR count). The third-order valence-electron chi connectivity index (χ3n) is 4.83. The van der Waals surface area contributed by atoms with Crippen LogP contribution in [0.5, 0.6) is 5.75 Å². The molecule has 0 bridgehead atoms. The van der Waals surface area contributed by atoms with E-state index in [9.17, 15) is 20.0 Å². The predicted molar refractivity (Wildman–Crippen MR) is 116 cm³/mol. The molecule has 0 atom stereocenters. The highest BCUT2D eigenvalue weighted by atomic mass is 16.6. The van der Waals surface area contributed by atoms with Gasteiger partial charge in [-0.05, 0) is 30.2 Å². The van der Waals surface area contributed by atoms with Gasteiger partial charge in [0, 0.05) is 11.6 Å². The molecule has 0 aliphatic heterocycles. The van der Waals surface area contributed by atoms with Gasteiger partial charge in [0.25, 0.3) is 5.91 Å². The van der Waals surface area contributed by atoms with Crippen LogP contribution in [-0.4, -0.2) is 28.8 Å². The number of hydrogen-bond donors (Lipinski definition) is 2. The van der Waals surface area contributed by atoms with Gasteiger partial charge in [0.2, 0.25) is 0 Å². The maximum absolute atomic E-state index is 13.1. The quantitative estimate of drug-likeness (QED) is 0.346. The summed E-state index contributed by atoms with van der Waals surface area (Å²) < 4.78 is 5.00. The summed E-state index contributed by atoms with van der Waals surface area (Å²) in [6.45, 7) is 1.59. The number of carbonyl (C=O) groups is 1. The topological polar surface area (TPSA) is 114 Å². The molecule has 8 nitrogen and oxygen atoms in total. The molecule has 0 aromatic heterocycles. The van der Waals surface area contributed by atoms with Crippen molar-refractivity contribution >= 4 is 17.3 Å². The molecule has 2 N–H and O–H groups in total. The lowest BCUT2D eigenvalue weighted by Gasteiger charge is -2.27. The molecule has 0 saturated heterocycles. The Balaban J connectivity index is 1.93. The summed E-state index contributed by atoms with van der Waals surface area (Å²) >= 11 is 0. The number of hydrogen-bond acceptors (Lipinski definition) is 6. The summed E-state index contributed by atoms with van der Waals surface area (Å²) in [6, 6.07) is 21.4. The van der Waals surface area contributed by atoms with E-state index in [1.807, 2.05) is 0 Å². The second kappa shape index (κ2) is 9.19. The van der Waals surface area contributed by atoms with Crippen LogP contribution in [0.25, 0.3) is 0 Å². The van der Waals surface area contributed by atoms with E-state index in [-0.39, 0.29) is 11.4 Å². The van der Waals surface area contributed by atoms with Gasteiger partial charge in [0.1, 0.15) is 0 Å². The number of ether oxygens (including phenoxy) is 1. The molecule has 0 fully saturated rings. The first-order valence-electron chi connectivity index (χ1n) is 9.39. The fourth-order valence-corrected chi connectivity index (χ4v) is 3.13. The van der Waals surface area contributed by atoms with E-state index < -0.39 is 16.4 Å². The van der Waals surface area contributed by atoms with Gasteiger partial charge in [0.15, 0.2) is 11.4 Å². The molecule has 31 heavy (non-hydrogen) atoms. The number of nitro benzene ring substituents is 1. The molecule has 158 valence electrons. The van der Waals surface area contributed by atoms with Crippen LogP contribution in [0.3, 0.4) is 0 Å². The zero-order valence-electron chi connectivity index (χ0n) is 17.0. The highest BCUT2D eigenvalue weighted by Crippen LogP contribution is 2.30. The van der Waals surface area contributed by atoms with Gasteiger partial charge < -0.3 is 9.84 Å². The first kappa shape index (κ1) is 21.7. The van der Waals surface area contributed by atoms with Gasteiger partial charge in [-0.1, -0.05) is 60.7 Å². The molecule has 0 saturated carbocycles. The summed E-state index contributed by atoms with van der Waals surface area (Å²) in [5.41, 5.74) is 1.71. The number of benzene rings is 3. The molecular weight excluding hydrogens is 398 g/mol. The van der Waals surface area contributed by atoms with E-state index in [0.29, 0.717) is 22.4 Å². The Hall–Kier alpha value is -4.04. The molecule has 1 amide bonds. The van der Waals surface area contributed by atoms with Crippen LogP contribution in [-0.2, 0) is 10.4 Å². The number of carbonyl (C=O) groups excluding carboxylic acids is 1. The van der Waals surface area contributed by atoms with E-state index in [4.69, 9.17) is 4.74 Å². The third kappa shape index (κ3) is 4.44. The predicted octanol–water partition coefficient (Wildman–Crippen LogP) is 3.38. The number of rotatable bonds is 7. The smallest absolute Gasteiger partial charge is 0.311 e. The van der Waals surface area contributed by atoms with Crippen molar-refractivity contribution in [2.75, 3.05) is 7.11 Å². The molecule has 0 radical (unpaired) electrons. The number of nitrogens with zero attached hydrogens (tertiary/aromatic N) is 2. The normalized spacial score (nSPS) is 11.6. The van der Waals surface area contributed by atoms with Crippen LogP contribution in [0.1, 0.15) is 23.6 Å². The zero-order valence-corrected chi connectivity index (χ0v) is 17.0. The molecule has 0 aliphatic carbocycles. The Morgan fingerprint density at radius 2 is 1.58 bits per heavy atom. The van der Waals surface area contributed by atoms with E-state index in [1.54, 1.807) is 73.7 Å². The van der Waals surface area contributed by atoms with E-state index in [0.717, 1.165) is 0 Å². The van der Waals surface area contributed by atoms with Crippen molar-refractivity contribution < 1.29 is 19.6 Å². The fraction of sp³-hybridized carbons (Fsp3) is 0.130. The molecule has 3 aromatic carbocycles. The summed E-state index contributed by atoms with van der Waals surface area (Å²) in [7, 11) is 1.34. The standard InChI is InChI=1S/C23H21N3O5/c1-16(17-13-14-21(31-2)20(15-17)26(29)30)24-25-22(27)23(28,18-9-5-3-6-10-18)19-11-7-4-8-12-19/h3-15,28H,1-2H3,(H,25,27)/b24-16-. The Kier molecular flexibility index (Phi) is 6.42. The van der Waals surface area contributed by atoms with Crippen LogP contribution in [0.15, 0.2) is 84.0 Å². The van der Waals surface area contributed by atoms with Gasteiger partial charge in [-0.2, -0.15) is 5.10 Å². The van der Waals surface area contributed by atoms with Crippen molar-refractivity contribution in [1.29, 1.82) is 0 Å². The third-order valence-corrected chi connectivity index (χ3v) is 4.83. The minimum atomic E-state index is -1.97. The van der Waals surface area contributed by atoms with E-state index >= 15 is 0 Å². The number of nitrogens with one attached hydrogen (secondary N) is 1. The van der Waals surface area contributed by atoms with Crippen molar-refractivity contribution in [3.63, 3.8) is 0 Å². The lowest BCUT2D eigenvalue weighted by atomic mass is 9.85. The van der Waals surface area contributed by atoms with Crippen LogP contribution in [0, 0.1) is 10.1 Å². The zero-order chi connectivity index (χ0) is 22.4. The molecule has 8 heteroatoms. The summed E-state index contributed by atoms with van der Waals surface area (Å²) in [4.78, 5) is 23.8. The summed E-state index contributed by atoms with van der Waals surface area (Å²) in [5.74, 6) is -0.639. The van der Waals surface area contributed by atoms with E-state index in [2.05, 4.69) is 10.5 Å². The Labute approximate surface area is 179 Å². The van der Waals surface area contributed by atoms with Crippen LogP contribution in [0.2, 0.25) is 0 Å². The number of aliphatic hydroxyl groups is 1. The molecule has 0 unspecified atom stereocenters. The lowest BCUT2D eigenvalue weighted by molar-refractivity contribution is -0.385. The average Bonchev–Trinajstić information content (AvgIpc) is 2.82. The second-order valence-electron chi connectivity index (χ2n) is 6.72. The van der Waals surface area contributed by atoms with Crippen molar-refractivity contribution in [3.8, 4) is 5.75 Å². The van der Waals surface area contributed by atoms with Gasteiger partial charge in [-0.3, -0.25) is 14.9 Å². The van der Waals surface area contributed by atoms with E-state index in [1.165, 1.54) is 19.2 Å². The lowest BCUT2D eigenvalue weighted by Crippen LogP contribution is -2.43. The van der Waals surface area contributed by atoms with Crippen LogP contribution >= 0.6 is 0 Å². The molecule has 0 spiro atoms. The van der Waals surface area contributed by atoms with Crippen molar-refractivity contribution in [2.45, 2.75) is 12.5 Å². The van der Waals surface area contributed by atoms with Crippen LogP contribution < -0.4 is 10.2 Å². The highest BCUT2D eigenvalue weighted by Gasteiger charge is 2.40. The molecule has 0 aliphatic rings. The fourth-order valence-electron chi connectivity index (χ4n) is 3.13. The number of hydrazone groups is 1. The molecule has 3 aromatic rings. The largest absolute Gasteiger partial charge is 0.490 e. The first-order chi connectivity index (χ1) is 14.9. The van der Waals surface area contributed by atoms with Crippen LogP contribution in [0.4, 0.5) is 5.69 Å². The minimum absolute atomic E-state index is 0.119. The molecular formula is C23H21N3O5. The number of nitro groups is 1. The first-order valence-corrected chi connectivity index (χ1v) is 9.39. The highest BCUT2D eigenvalue weighted by molar-refractivity contribution is 6.00. The van der Waals surface area contributed by atoms with Crippen molar-refractivity contribution in [1.82, 2.24) is 5.43 Å². The second-order valence-corrected chi connectivity index (χ2v) is 6.72. The maximum Gasteiger partial charge on any atom is 0.311 e. The Morgan fingerprint density at radius 3 is 2.06 bits per heavy atom. The molecule has 0 heterocycles. The monoisotopic (exact) mass is 419 g/mol. The Bertz CT molecular complexity index is 1080. The summed E-state index contributed by atoms with van der Waals surface area (Å²) in [5, 5.41) is 26.7. The minimum Gasteiger partial charge on any atom is -0.490 e.